The molecule has 0 aliphatic carbocycles. The third-order valence-electron chi connectivity index (χ3n) is 2.98. The van der Waals surface area contributed by atoms with Crippen molar-refractivity contribution < 1.29 is 14.3 Å². The van der Waals surface area contributed by atoms with Gasteiger partial charge < -0.3 is 20.2 Å². The summed E-state index contributed by atoms with van der Waals surface area (Å²) < 4.78 is 10.3. The fourth-order valence-electron chi connectivity index (χ4n) is 2.05. The second kappa shape index (κ2) is 5.98. The number of fused-ring (bicyclic) bond motifs is 1. The Morgan fingerprint density at radius 1 is 1.36 bits per heavy atom. The third-order valence-corrected chi connectivity index (χ3v) is 4.08. The highest BCUT2D eigenvalue weighted by molar-refractivity contribution is 7.99. The Kier molecular flexibility index (Phi) is 3.88. The summed E-state index contributed by atoms with van der Waals surface area (Å²) in [5, 5.41) is 0.902. The number of benzene rings is 1. The van der Waals surface area contributed by atoms with E-state index in [0.717, 1.165) is 26.4 Å². The standard InChI is InChI=1S/C15H13N3O3S/c1-20-9-3-2-4-10(7-9)22-13-11-5-6-17-8-12(11)18-14(13)21-15(16)19/h2-8,18H,1H3,(H2,16,19). The lowest BCUT2D eigenvalue weighted by molar-refractivity contribution is 0.208. The van der Waals surface area contributed by atoms with Crippen LogP contribution in [0.5, 0.6) is 11.6 Å². The molecule has 0 unspecified atom stereocenters. The monoisotopic (exact) mass is 315 g/mol. The number of amides is 1. The minimum atomic E-state index is -0.869. The van der Waals surface area contributed by atoms with Crippen molar-refractivity contribution in [2.45, 2.75) is 9.79 Å². The van der Waals surface area contributed by atoms with Crippen LogP contribution in [0, 0.1) is 0 Å². The molecule has 3 rings (SSSR count). The lowest BCUT2D eigenvalue weighted by atomic mass is 10.3. The summed E-state index contributed by atoms with van der Waals surface area (Å²) in [4.78, 5) is 19.9. The van der Waals surface area contributed by atoms with Crippen LogP contribution in [-0.4, -0.2) is 23.2 Å². The minimum absolute atomic E-state index is 0.309. The van der Waals surface area contributed by atoms with Gasteiger partial charge in [0.1, 0.15) is 5.75 Å². The highest BCUT2D eigenvalue weighted by atomic mass is 32.2. The number of rotatable bonds is 4. The minimum Gasteiger partial charge on any atom is -0.497 e. The smallest absolute Gasteiger partial charge is 0.411 e. The molecular weight excluding hydrogens is 302 g/mol. The van der Waals surface area contributed by atoms with E-state index < -0.39 is 6.09 Å². The average Bonchev–Trinajstić information content (AvgIpc) is 2.84. The molecule has 7 heteroatoms. The molecule has 0 aliphatic heterocycles. The van der Waals surface area contributed by atoms with Crippen molar-refractivity contribution in [1.29, 1.82) is 0 Å². The van der Waals surface area contributed by atoms with Gasteiger partial charge in [0.25, 0.3) is 0 Å². The summed E-state index contributed by atoms with van der Waals surface area (Å²) in [5.41, 5.74) is 5.90. The van der Waals surface area contributed by atoms with Crippen LogP contribution in [0.2, 0.25) is 0 Å². The number of aromatic amines is 1. The summed E-state index contributed by atoms with van der Waals surface area (Å²) in [6.45, 7) is 0. The van der Waals surface area contributed by atoms with Crippen LogP contribution in [-0.2, 0) is 0 Å². The largest absolute Gasteiger partial charge is 0.497 e. The number of aromatic nitrogens is 2. The Balaban J connectivity index is 2.05. The summed E-state index contributed by atoms with van der Waals surface area (Å²) >= 11 is 1.45. The number of nitrogens with zero attached hydrogens (tertiary/aromatic N) is 1. The number of nitrogens with two attached hydrogens (primary N) is 1. The summed E-state index contributed by atoms with van der Waals surface area (Å²) in [6, 6.07) is 9.46. The van der Waals surface area contributed by atoms with Crippen molar-refractivity contribution in [3.05, 3.63) is 42.7 Å². The fraction of sp³-hybridized carbons (Fsp3) is 0.0667. The average molecular weight is 315 g/mol. The zero-order chi connectivity index (χ0) is 15.5. The first kappa shape index (κ1) is 14.3. The van der Waals surface area contributed by atoms with Crippen LogP contribution in [0.1, 0.15) is 0 Å². The maximum absolute atomic E-state index is 11.1. The van der Waals surface area contributed by atoms with E-state index in [1.807, 2.05) is 30.3 Å². The zero-order valence-electron chi connectivity index (χ0n) is 11.7. The van der Waals surface area contributed by atoms with Crippen LogP contribution in [0.15, 0.2) is 52.5 Å². The van der Waals surface area contributed by atoms with Crippen molar-refractivity contribution in [3.63, 3.8) is 0 Å². The maximum Gasteiger partial charge on any atom is 0.411 e. The molecule has 2 heterocycles. The van der Waals surface area contributed by atoms with E-state index in [0.29, 0.717) is 5.88 Å². The molecule has 0 saturated carbocycles. The van der Waals surface area contributed by atoms with Gasteiger partial charge in [0.15, 0.2) is 0 Å². The van der Waals surface area contributed by atoms with Crippen molar-refractivity contribution in [2.24, 2.45) is 5.73 Å². The van der Waals surface area contributed by atoms with E-state index >= 15 is 0 Å². The second-order valence-corrected chi connectivity index (χ2v) is 5.49. The van der Waals surface area contributed by atoms with Gasteiger partial charge in [-0.3, -0.25) is 4.98 Å². The van der Waals surface area contributed by atoms with E-state index in [4.69, 9.17) is 15.2 Å². The molecule has 3 N–H and O–H groups in total. The van der Waals surface area contributed by atoms with Gasteiger partial charge in [-0.2, -0.15) is 0 Å². The van der Waals surface area contributed by atoms with Crippen molar-refractivity contribution in [2.75, 3.05) is 7.11 Å². The number of hydrogen-bond donors (Lipinski definition) is 2. The number of H-pyrrole nitrogens is 1. The molecule has 1 aromatic carbocycles. The number of hydrogen-bond acceptors (Lipinski definition) is 5. The number of nitrogens with one attached hydrogen (secondary N) is 1. The van der Waals surface area contributed by atoms with E-state index in [1.54, 1.807) is 19.5 Å². The molecule has 0 fully saturated rings. The molecule has 112 valence electrons. The van der Waals surface area contributed by atoms with Gasteiger partial charge in [0.05, 0.1) is 23.7 Å². The Hall–Kier alpha value is -2.67. The quantitative estimate of drug-likeness (QED) is 0.771. The number of ether oxygens (including phenoxy) is 2. The molecule has 0 saturated heterocycles. The molecule has 3 aromatic rings. The van der Waals surface area contributed by atoms with E-state index in [1.165, 1.54) is 11.8 Å². The van der Waals surface area contributed by atoms with Gasteiger partial charge in [0.2, 0.25) is 5.88 Å². The van der Waals surface area contributed by atoms with Crippen LogP contribution >= 0.6 is 11.8 Å². The normalized spacial score (nSPS) is 10.6. The van der Waals surface area contributed by atoms with Crippen LogP contribution in [0.3, 0.4) is 0 Å². The van der Waals surface area contributed by atoms with Gasteiger partial charge >= 0.3 is 6.09 Å². The van der Waals surface area contributed by atoms with Gasteiger partial charge in [-0.1, -0.05) is 17.8 Å². The molecular formula is C15H13N3O3S. The second-order valence-electron chi connectivity index (χ2n) is 4.41. The number of carbonyl (C=O) groups is 1. The topological polar surface area (TPSA) is 90.2 Å². The highest BCUT2D eigenvalue weighted by Gasteiger charge is 2.16. The maximum atomic E-state index is 11.1. The molecule has 0 bridgehead atoms. The molecule has 1 amide bonds. The number of primary amides is 1. The first-order chi connectivity index (χ1) is 10.7. The molecule has 0 aliphatic rings. The third kappa shape index (κ3) is 2.84. The first-order valence-corrected chi connectivity index (χ1v) is 7.24. The molecule has 2 aromatic heterocycles. The van der Waals surface area contributed by atoms with E-state index in [9.17, 15) is 4.79 Å². The fourth-order valence-corrected chi connectivity index (χ4v) is 3.08. The van der Waals surface area contributed by atoms with Crippen molar-refractivity contribution >= 4 is 28.8 Å². The molecule has 0 atom stereocenters. The number of pyridine rings is 1. The van der Waals surface area contributed by atoms with Crippen LogP contribution in [0.4, 0.5) is 4.79 Å². The summed E-state index contributed by atoms with van der Waals surface area (Å²) in [6.07, 6.45) is 2.48. The molecule has 22 heavy (non-hydrogen) atoms. The van der Waals surface area contributed by atoms with Gasteiger partial charge in [0, 0.05) is 16.5 Å². The zero-order valence-corrected chi connectivity index (χ0v) is 12.5. The predicted octanol–water partition coefficient (Wildman–Crippen LogP) is 3.18. The van der Waals surface area contributed by atoms with Gasteiger partial charge in [-0.25, -0.2) is 4.79 Å². The molecule has 0 radical (unpaired) electrons. The Morgan fingerprint density at radius 2 is 2.23 bits per heavy atom. The Morgan fingerprint density at radius 3 is 3.00 bits per heavy atom. The summed E-state index contributed by atoms with van der Waals surface area (Å²) in [7, 11) is 1.61. The lowest BCUT2D eigenvalue weighted by Gasteiger charge is -2.05. The lowest BCUT2D eigenvalue weighted by Crippen LogP contribution is -2.16. The van der Waals surface area contributed by atoms with Crippen molar-refractivity contribution in [3.8, 4) is 11.6 Å². The number of methoxy groups -OCH3 is 1. The molecule has 0 spiro atoms. The van der Waals surface area contributed by atoms with Crippen molar-refractivity contribution in [1.82, 2.24) is 9.97 Å². The van der Waals surface area contributed by atoms with Crippen LogP contribution < -0.4 is 15.2 Å². The molecule has 6 nitrogen and oxygen atoms in total. The van der Waals surface area contributed by atoms with E-state index in [2.05, 4.69) is 9.97 Å². The summed E-state index contributed by atoms with van der Waals surface area (Å²) in [5.74, 6) is 1.06. The SMILES string of the molecule is COc1cccc(Sc2c(OC(N)=O)[nH]c3cnccc23)c1. The first-order valence-electron chi connectivity index (χ1n) is 6.42. The van der Waals surface area contributed by atoms with Crippen LogP contribution in [0.25, 0.3) is 10.9 Å². The van der Waals surface area contributed by atoms with Gasteiger partial charge in [-0.05, 0) is 24.3 Å². The Labute approximate surface area is 130 Å². The predicted molar refractivity (Wildman–Crippen MR) is 83.4 cm³/mol. The van der Waals surface area contributed by atoms with E-state index in [-0.39, 0.29) is 0 Å². The number of carbonyl (C=O) groups excluding carboxylic acids is 1. The highest BCUT2D eigenvalue weighted by Crippen LogP contribution is 2.41. The van der Waals surface area contributed by atoms with Gasteiger partial charge in [-0.15, -0.1) is 0 Å². The Bertz CT molecular complexity index is 832.